The number of carbonyl (C=O) groups excluding carboxylic acids is 1. The van der Waals surface area contributed by atoms with Crippen molar-refractivity contribution in [2.75, 3.05) is 13.1 Å². The molecule has 1 aliphatic rings. The Bertz CT molecular complexity index is 508. The van der Waals surface area contributed by atoms with Gasteiger partial charge in [-0.3, -0.25) is 0 Å². The molecule has 1 fully saturated rings. The number of aryl methyl sites for hydroxylation is 1. The van der Waals surface area contributed by atoms with E-state index in [4.69, 9.17) is 4.74 Å². The first-order valence-corrected chi connectivity index (χ1v) is 7.01. The largest absolute Gasteiger partial charge is 0.444 e. The van der Waals surface area contributed by atoms with E-state index in [0.717, 1.165) is 6.42 Å². The van der Waals surface area contributed by atoms with Crippen LogP contribution < -0.4 is 0 Å². The Morgan fingerprint density at radius 3 is 2.75 bits per heavy atom. The number of benzene rings is 1. The van der Waals surface area contributed by atoms with Gasteiger partial charge in [0.1, 0.15) is 11.4 Å². The first kappa shape index (κ1) is 14.8. The minimum atomic E-state index is -0.496. The second-order valence-corrected chi connectivity index (χ2v) is 6.39. The van der Waals surface area contributed by atoms with Crippen LogP contribution in [0.1, 0.15) is 44.2 Å². The fourth-order valence-electron chi connectivity index (χ4n) is 2.49. The van der Waals surface area contributed by atoms with Crippen LogP contribution in [0.2, 0.25) is 0 Å². The second kappa shape index (κ2) is 5.43. The first-order chi connectivity index (χ1) is 9.28. The van der Waals surface area contributed by atoms with Crippen LogP contribution in [0.5, 0.6) is 0 Å². The van der Waals surface area contributed by atoms with Crippen molar-refractivity contribution in [2.45, 2.75) is 45.6 Å². The predicted octanol–water partition coefficient (Wildman–Crippen LogP) is 3.86. The summed E-state index contributed by atoms with van der Waals surface area (Å²) in [5.41, 5.74) is 0.860. The van der Waals surface area contributed by atoms with Gasteiger partial charge < -0.3 is 9.64 Å². The lowest BCUT2D eigenvalue weighted by atomic mass is 9.96. The van der Waals surface area contributed by atoms with Crippen LogP contribution in [0.15, 0.2) is 18.2 Å². The molecule has 4 heteroatoms. The van der Waals surface area contributed by atoms with Gasteiger partial charge in [0.25, 0.3) is 0 Å². The van der Waals surface area contributed by atoms with Crippen molar-refractivity contribution >= 4 is 6.09 Å². The highest BCUT2D eigenvalue weighted by Gasteiger charge is 2.31. The molecule has 1 unspecified atom stereocenters. The van der Waals surface area contributed by atoms with Crippen LogP contribution in [-0.2, 0) is 4.74 Å². The van der Waals surface area contributed by atoms with Gasteiger partial charge in [-0.1, -0.05) is 18.2 Å². The number of hydrogen-bond donors (Lipinski definition) is 0. The average Bonchev–Trinajstić information content (AvgIpc) is 2.80. The van der Waals surface area contributed by atoms with Gasteiger partial charge in [0.2, 0.25) is 0 Å². The summed E-state index contributed by atoms with van der Waals surface area (Å²) in [6.07, 6.45) is 0.465. The number of hydrogen-bond acceptors (Lipinski definition) is 2. The molecule has 0 bridgehead atoms. The Morgan fingerprint density at radius 1 is 1.40 bits per heavy atom. The maximum atomic E-state index is 14.1. The maximum absolute atomic E-state index is 14.1. The van der Waals surface area contributed by atoms with Gasteiger partial charge in [0.15, 0.2) is 0 Å². The lowest BCUT2D eigenvalue weighted by molar-refractivity contribution is 0.0292. The summed E-state index contributed by atoms with van der Waals surface area (Å²) in [5, 5.41) is 0. The van der Waals surface area contributed by atoms with Crippen molar-refractivity contribution in [3.63, 3.8) is 0 Å². The predicted molar refractivity (Wildman–Crippen MR) is 76.3 cm³/mol. The summed E-state index contributed by atoms with van der Waals surface area (Å²) in [6, 6.07) is 5.44. The highest BCUT2D eigenvalue weighted by molar-refractivity contribution is 5.68. The molecular weight excluding hydrogens is 257 g/mol. The number of halogens is 1. The zero-order chi connectivity index (χ0) is 14.9. The lowest BCUT2D eigenvalue weighted by Gasteiger charge is -2.24. The third kappa shape index (κ3) is 3.30. The van der Waals surface area contributed by atoms with Gasteiger partial charge >= 0.3 is 6.09 Å². The van der Waals surface area contributed by atoms with Gasteiger partial charge in [-0.15, -0.1) is 0 Å². The zero-order valence-corrected chi connectivity index (χ0v) is 12.6. The molecule has 0 saturated carbocycles. The van der Waals surface area contributed by atoms with Gasteiger partial charge in [-0.25, -0.2) is 9.18 Å². The number of rotatable bonds is 1. The molecule has 3 nitrogen and oxygen atoms in total. The molecular formula is C16H22FNO2. The van der Waals surface area contributed by atoms with Crippen LogP contribution in [0.4, 0.5) is 9.18 Å². The molecule has 1 heterocycles. The topological polar surface area (TPSA) is 29.5 Å². The van der Waals surface area contributed by atoms with Crippen LogP contribution in [0.25, 0.3) is 0 Å². The number of nitrogens with zero attached hydrogens (tertiary/aromatic N) is 1. The molecule has 1 aromatic rings. The molecule has 1 aliphatic heterocycles. The fraction of sp³-hybridized carbons (Fsp3) is 0.562. The number of amides is 1. The Morgan fingerprint density at radius 2 is 2.10 bits per heavy atom. The van der Waals surface area contributed by atoms with Crippen LogP contribution in [0.3, 0.4) is 0 Å². The third-order valence-electron chi connectivity index (χ3n) is 3.50. The Kier molecular flexibility index (Phi) is 4.02. The smallest absolute Gasteiger partial charge is 0.410 e. The molecule has 0 spiro atoms. The van der Waals surface area contributed by atoms with E-state index in [1.54, 1.807) is 17.9 Å². The van der Waals surface area contributed by atoms with Crippen molar-refractivity contribution in [3.05, 3.63) is 35.1 Å². The van der Waals surface area contributed by atoms with E-state index >= 15 is 0 Å². The Labute approximate surface area is 119 Å². The summed E-state index contributed by atoms with van der Waals surface area (Å²) in [7, 11) is 0. The highest BCUT2D eigenvalue weighted by Crippen LogP contribution is 2.30. The van der Waals surface area contributed by atoms with Gasteiger partial charge in [-0.2, -0.15) is 0 Å². The molecule has 1 atom stereocenters. The third-order valence-corrected chi connectivity index (χ3v) is 3.50. The Balaban J connectivity index is 2.06. The highest BCUT2D eigenvalue weighted by atomic mass is 19.1. The molecule has 0 radical (unpaired) electrons. The fourth-order valence-corrected chi connectivity index (χ4v) is 2.49. The minimum absolute atomic E-state index is 0.0578. The summed E-state index contributed by atoms with van der Waals surface area (Å²) >= 11 is 0. The van der Waals surface area contributed by atoms with Gasteiger partial charge in [-0.05, 0) is 45.2 Å². The summed E-state index contributed by atoms with van der Waals surface area (Å²) < 4.78 is 19.5. The quantitative estimate of drug-likeness (QED) is 0.781. The summed E-state index contributed by atoms with van der Waals surface area (Å²) in [4.78, 5) is 13.7. The number of ether oxygens (including phenoxy) is 1. The second-order valence-electron chi connectivity index (χ2n) is 6.39. The maximum Gasteiger partial charge on any atom is 0.410 e. The van der Waals surface area contributed by atoms with Gasteiger partial charge in [0.05, 0.1) is 0 Å². The molecule has 2 rings (SSSR count). The minimum Gasteiger partial charge on any atom is -0.444 e. The van der Waals surface area contributed by atoms with E-state index in [2.05, 4.69) is 0 Å². The van der Waals surface area contributed by atoms with Crippen LogP contribution in [-0.4, -0.2) is 29.7 Å². The number of likely N-dealkylation sites (tertiary alicyclic amines) is 1. The molecule has 1 saturated heterocycles. The molecule has 20 heavy (non-hydrogen) atoms. The molecule has 110 valence electrons. The number of carbonyl (C=O) groups is 1. The van der Waals surface area contributed by atoms with Crippen LogP contribution in [0, 0.1) is 12.7 Å². The Hall–Kier alpha value is -1.58. The van der Waals surface area contributed by atoms with E-state index in [0.29, 0.717) is 24.2 Å². The molecule has 0 aliphatic carbocycles. The standard InChI is InChI=1S/C16H22FNO2/c1-11-6-5-7-13(14(11)17)12-8-9-18(10-12)15(19)20-16(2,3)4/h5-7,12H,8-10H2,1-4H3. The zero-order valence-electron chi connectivity index (χ0n) is 12.6. The average molecular weight is 279 g/mol. The van der Waals surface area contributed by atoms with E-state index in [1.807, 2.05) is 32.9 Å². The van der Waals surface area contributed by atoms with E-state index in [1.165, 1.54) is 0 Å². The van der Waals surface area contributed by atoms with Gasteiger partial charge in [0, 0.05) is 19.0 Å². The lowest BCUT2D eigenvalue weighted by Crippen LogP contribution is -2.35. The normalized spacial score (nSPS) is 19.2. The van der Waals surface area contributed by atoms with Crippen molar-refractivity contribution in [3.8, 4) is 0 Å². The van der Waals surface area contributed by atoms with E-state index in [9.17, 15) is 9.18 Å². The molecule has 0 N–H and O–H groups in total. The monoisotopic (exact) mass is 279 g/mol. The SMILES string of the molecule is Cc1cccc(C2CCN(C(=O)OC(C)(C)C)C2)c1F. The van der Waals surface area contributed by atoms with Crippen molar-refractivity contribution < 1.29 is 13.9 Å². The molecule has 1 amide bonds. The summed E-state index contributed by atoms with van der Waals surface area (Å²) in [5.74, 6) is -0.0917. The van der Waals surface area contributed by atoms with Crippen LogP contribution >= 0.6 is 0 Å². The summed E-state index contributed by atoms with van der Waals surface area (Å²) in [6.45, 7) is 8.44. The molecule has 0 aromatic heterocycles. The molecule has 1 aromatic carbocycles. The van der Waals surface area contributed by atoms with Crippen molar-refractivity contribution in [1.29, 1.82) is 0 Å². The van der Waals surface area contributed by atoms with Crippen molar-refractivity contribution in [2.24, 2.45) is 0 Å². The first-order valence-electron chi connectivity index (χ1n) is 7.01. The van der Waals surface area contributed by atoms with E-state index in [-0.39, 0.29) is 17.8 Å². The van der Waals surface area contributed by atoms with Crippen molar-refractivity contribution in [1.82, 2.24) is 4.90 Å². The van der Waals surface area contributed by atoms with E-state index < -0.39 is 5.60 Å².